The third kappa shape index (κ3) is 2.29. The van der Waals surface area contributed by atoms with Crippen LogP contribution in [0.3, 0.4) is 0 Å². The molecule has 2 aromatic rings. The molecule has 0 saturated carbocycles. The van der Waals surface area contributed by atoms with Gasteiger partial charge in [-0.3, -0.25) is 14.1 Å². The molecule has 1 N–H and O–H groups in total. The molecule has 0 aliphatic carbocycles. The Labute approximate surface area is 96.6 Å². The molecular weight excluding hydrogens is 226 g/mol. The van der Waals surface area contributed by atoms with E-state index in [9.17, 15) is 4.79 Å². The Hall–Kier alpha value is -1.24. The first-order valence-corrected chi connectivity index (χ1v) is 5.84. The van der Waals surface area contributed by atoms with E-state index in [1.807, 2.05) is 17.3 Å². The van der Waals surface area contributed by atoms with Gasteiger partial charge in [0, 0.05) is 30.7 Å². The second kappa shape index (κ2) is 4.73. The SMILES string of the molecule is CN(CCO)Cc1cc(=O)n2ccsc2n1. The normalized spacial score (nSPS) is 11.4. The van der Waals surface area contributed by atoms with Crippen molar-refractivity contribution in [1.29, 1.82) is 0 Å². The Kier molecular flexibility index (Phi) is 3.33. The monoisotopic (exact) mass is 239 g/mol. The fraction of sp³-hybridized carbons (Fsp3) is 0.400. The highest BCUT2D eigenvalue weighted by molar-refractivity contribution is 7.15. The van der Waals surface area contributed by atoms with Crippen molar-refractivity contribution in [2.45, 2.75) is 6.54 Å². The number of aliphatic hydroxyl groups excluding tert-OH is 1. The van der Waals surface area contributed by atoms with E-state index in [2.05, 4.69) is 4.98 Å². The first kappa shape index (κ1) is 11.3. The quantitative estimate of drug-likeness (QED) is 0.827. The second-order valence-corrected chi connectivity index (χ2v) is 4.48. The van der Waals surface area contributed by atoms with Crippen LogP contribution >= 0.6 is 11.3 Å². The molecule has 5 nitrogen and oxygen atoms in total. The summed E-state index contributed by atoms with van der Waals surface area (Å²) in [7, 11) is 1.88. The van der Waals surface area contributed by atoms with Crippen LogP contribution in [0.15, 0.2) is 22.4 Å². The van der Waals surface area contributed by atoms with Crippen LogP contribution in [0, 0.1) is 0 Å². The molecule has 0 saturated heterocycles. The molecule has 0 amide bonds. The third-order valence-electron chi connectivity index (χ3n) is 2.27. The van der Waals surface area contributed by atoms with Gasteiger partial charge in [-0.25, -0.2) is 4.98 Å². The molecule has 0 unspecified atom stereocenters. The lowest BCUT2D eigenvalue weighted by molar-refractivity contribution is 0.216. The summed E-state index contributed by atoms with van der Waals surface area (Å²) >= 11 is 1.44. The molecule has 0 atom stereocenters. The smallest absolute Gasteiger partial charge is 0.258 e. The third-order valence-corrected chi connectivity index (χ3v) is 3.03. The Morgan fingerprint density at radius 1 is 1.62 bits per heavy atom. The average molecular weight is 239 g/mol. The molecule has 0 bridgehead atoms. The number of thiazole rings is 1. The summed E-state index contributed by atoms with van der Waals surface area (Å²) < 4.78 is 1.53. The fourth-order valence-electron chi connectivity index (χ4n) is 1.50. The standard InChI is InChI=1S/C10H13N3O2S/c1-12(2-4-14)7-8-6-9(15)13-3-5-16-10(13)11-8/h3,5-6,14H,2,4,7H2,1H3. The van der Waals surface area contributed by atoms with Crippen molar-refractivity contribution in [3.05, 3.63) is 33.7 Å². The van der Waals surface area contributed by atoms with E-state index in [0.29, 0.717) is 18.1 Å². The van der Waals surface area contributed by atoms with Gasteiger partial charge in [0.1, 0.15) is 0 Å². The van der Waals surface area contributed by atoms with Gasteiger partial charge in [0.25, 0.3) is 5.56 Å². The molecule has 0 spiro atoms. The average Bonchev–Trinajstić information content (AvgIpc) is 2.66. The van der Waals surface area contributed by atoms with Crippen molar-refractivity contribution in [2.24, 2.45) is 0 Å². The van der Waals surface area contributed by atoms with Crippen molar-refractivity contribution in [2.75, 3.05) is 20.2 Å². The van der Waals surface area contributed by atoms with Crippen LogP contribution in [0.4, 0.5) is 0 Å². The van der Waals surface area contributed by atoms with Crippen LogP contribution in [-0.4, -0.2) is 39.6 Å². The zero-order chi connectivity index (χ0) is 11.5. The van der Waals surface area contributed by atoms with E-state index < -0.39 is 0 Å². The lowest BCUT2D eigenvalue weighted by Crippen LogP contribution is -2.23. The molecule has 0 aromatic carbocycles. The van der Waals surface area contributed by atoms with Gasteiger partial charge in [-0.2, -0.15) is 0 Å². The Balaban J connectivity index is 2.28. The highest BCUT2D eigenvalue weighted by atomic mass is 32.1. The molecule has 0 radical (unpaired) electrons. The zero-order valence-corrected chi connectivity index (χ0v) is 9.78. The topological polar surface area (TPSA) is 57.8 Å². The van der Waals surface area contributed by atoms with Crippen molar-refractivity contribution in [1.82, 2.24) is 14.3 Å². The Bertz CT molecular complexity index is 534. The zero-order valence-electron chi connectivity index (χ0n) is 8.96. The van der Waals surface area contributed by atoms with E-state index in [1.54, 1.807) is 6.20 Å². The maximum Gasteiger partial charge on any atom is 0.258 e. The van der Waals surface area contributed by atoms with E-state index in [4.69, 9.17) is 5.11 Å². The minimum atomic E-state index is -0.0568. The van der Waals surface area contributed by atoms with Crippen LogP contribution in [0.2, 0.25) is 0 Å². The molecule has 0 aliphatic heterocycles. The van der Waals surface area contributed by atoms with Gasteiger partial charge in [-0.1, -0.05) is 0 Å². The minimum Gasteiger partial charge on any atom is -0.395 e. The van der Waals surface area contributed by atoms with Crippen LogP contribution in [-0.2, 0) is 6.54 Å². The van der Waals surface area contributed by atoms with Crippen molar-refractivity contribution >= 4 is 16.3 Å². The van der Waals surface area contributed by atoms with E-state index in [1.165, 1.54) is 21.8 Å². The maximum atomic E-state index is 11.7. The summed E-state index contributed by atoms with van der Waals surface area (Å²) in [4.78, 5) is 18.7. The molecule has 2 aromatic heterocycles. The minimum absolute atomic E-state index is 0.0568. The Morgan fingerprint density at radius 3 is 3.19 bits per heavy atom. The van der Waals surface area contributed by atoms with Gasteiger partial charge in [0.05, 0.1) is 12.3 Å². The highest BCUT2D eigenvalue weighted by Gasteiger charge is 2.05. The van der Waals surface area contributed by atoms with Gasteiger partial charge >= 0.3 is 0 Å². The summed E-state index contributed by atoms with van der Waals surface area (Å²) in [6.45, 7) is 1.26. The van der Waals surface area contributed by atoms with Gasteiger partial charge in [0.2, 0.25) is 0 Å². The number of hydrogen-bond donors (Lipinski definition) is 1. The number of rotatable bonds is 4. The number of aromatic nitrogens is 2. The van der Waals surface area contributed by atoms with Crippen molar-refractivity contribution in [3.63, 3.8) is 0 Å². The molecule has 16 heavy (non-hydrogen) atoms. The number of aliphatic hydroxyl groups is 1. The summed E-state index contributed by atoms with van der Waals surface area (Å²) in [5.41, 5.74) is 0.682. The largest absolute Gasteiger partial charge is 0.395 e. The highest BCUT2D eigenvalue weighted by Crippen LogP contribution is 2.07. The van der Waals surface area contributed by atoms with Crippen LogP contribution in [0.5, 0.6) is 0 Å². The van der Waals surface area contributed by atoms with Crippen LogP contribution in [0.25, 0.3) is 4.96 Å². The lowest BCUT2D eigenvalue weighted by Gasteiger charge is -2.13. The van der Waals surface area contributed by atoms with Gasteiger partial charge < -0.3 is 5.11 Å². The first-order valence-electron chi connectivity index (χ1n) is 4.96. The Morgan fingerprint density at radius 2 is 2.44 bits per heavy atom. The fourth-order valence-corrected chi connectivity index (χ4v) is 2.23. The molecule has 2 heterocycles. The number of nitrogens with zero attached hydrogens (tertiary/aromatic N) is 3. The lowest BCUT2D eigenvalue weighted by atomic mass is 10.3. The van der Waals surface area contributed by atoms with Gasteiger partial charge in [-0.05, 0) is 7.05 Å². The van der Waals surface area contributed by atoms with E-state index in [0.717, 1.165) is 5.69 Å². The number of hydrogen-bond acceptors (Lipinski definition) is 5. The van der Waals surface area contributed by atoms with Gasteiger partial charge in [0.15, 0.2) is 4.96 Å². The molecule has 6 heteroatoms. The molecule has 86 valence electrons. The van der Waals surface area contributed by atoms with Crippen LogP contribution in [0.1, 0.15) is 5.69 Å². The molecule has 0 fully saturated rings. The van der Waals surface area contributed by atoms with E-state index in [-0.39, 0.29) is 12.2 Å². The summed E-state index contributed by atoms with van der Waals surface area (Å²) in [5.74, 6) is 0. The van der Waals surface area contributed by atoms with Crippen molar-refractivity contribution < 1.29 is 5.11 Å². The summed E-state index contributed by atoms with van der Waals surface area (Å²) in [6.07, 6.45) is 1.72. The molecule has 0 aliphatic rings. The molecular formula is C10H13N3O2S. The van der Waals surface area contributed by atoms with Crippen molar-refractivity contribution in [3.8, 4) is 0 Å². The maximum absolute atomic E-state index is 11.7. The summed E-state index contributed by atoms with van der Waals surface area (Å²) in [6, 6.07) is 1.54. The second-order valence-electron chi connectivity index (χ2n) is 3.60. The van der Waals surface area contributed by atoms with E-state index >= 15 is 0 Å². The van der Waals surface area contributed by atoms with Gasteiger partial charge in [-0.15, -0.1) is 11.3 Å². The predicted octanol–water partition coefficient (Wildman–Crippen LogP) is 0.180. The predicted molar refractivity (Wildman–Crippen MR) is 62.8 cm³/mol. The molecule has 2 rings (SSSR count). The first-order chi connectivity index (χ1) is 7.70. The number of fused-ring (bicyclic) bond motifs is 1. The number of likely N-dealkylation sites (N-methyl/N-ethyl adjacent to an activating group) is 1. The summed E-state index contributed by atoms with van der Waals surface area (Å²) in [5, 5.41) is 10.6. The van der Waals surface area contributed by atoms with Crippen LogP contribution < -0.4 is 5.56 Å².